The van der Waals surface area contributed by atoms with Crippen molar-refractivity contribution < 1.29 is 4.39 Å². The Hall–Kier alpha value is -3.72. The van der Waals surface area contributed by atoms with Crippen LogP contribution in [0.4, 0.5) is 10.2 Å². The highest BCUT2D eigenvalue weighted by Crippen LogP contribution is 2.29. The summed E-state index contributed by atoms with van der Waals surface area (Å²) in [6.45, 7) is 7.93. The van der Waals surface area contributed by atoms with Crippen molar-refractivity contribution in [1.82, 2.24) is 26.4 Å². The van der Waals surface area contributed by atoms with Gasteiger partial charge in [0.25, 0.3) is 0 Å². The molecule has 0 spiro atoms. The average molecular weight is 465 g/mol. The molecule has 2 aromatic rings. The first-order valence-electron chi connectivity index (χ1n) is 11.4. The van der Waals surface area contributed by atoms with Crippen LogP contribution in [0.5, 0.6) is 0 Å². The molecular formula is C25H33FN8. The van der Waals surface area contributed by atoms with E-state index in [1.165, 1.54) is 6.07 Å². The molecule has 1 aliphatic rings. The van der Waals surface area contributed by atoms with E-state index in [2.05, 4.69) is 43.7 Å². The third kappa shape index (κ3) is 6.20. The molecule has 0 amide bonds. The number of likely N-dealkylation sites (N-methyl/N-ethyl adjacent to an activating group) is 1. The average Bonchev–Trinajstić information content (AvgIpc) is 2.80. The van der Waals surface area contributed by atoms with Gasteiger partial charge in [0.05, 0.1) is 6.21 Å². The Bertz CT molecular complexity index is 1160. The van der Waals surface area contributed by atoms with Crippen molar-refractivity contribution in [1.29, 1.82) is 5.41 Å². The van der Waals surface area contributed by atoms with Crippen molar-refractivity contribution in [3.63, 3.8) is 0 Å². The number of aromatic nitrogens is 1. The van der Waals surface area contributed by atoms with Gasteiger partial charge < -0.3 is 21.3 Å². The summed E-state index contributed by atoms with van der Waals surface area (Å²) >= 11 is 0. The number of hydrogen-bond acceptors (Lipinski definition) is 7. The van der Waals surface area contributed by atoms with E-state index in [0.717, 1.165) is 35.3 Å². The first-order valence-corrected chi connectivity index (χ1v) is 11.4. The number of nitrogens with zero attached hydrogens (tertiary/aromatic N) is 2. The molecule has 0 radical (unpaired) electrons. The van der Waals surface area contributed by atoms with Gasteiger partial charge in [0, 0.05) is 53.3 Å². The fourth-order valence-corrected chi connectivity index (χ4v) is 3.68. The minimum Gasteiger partial charge on any atom is -0.387 e. The van der Waals surface area contributed by atoms with Crippen LogP contribution in [-0.4, -0.2) is 43.8 Å². The second-order valence-corrected chi connectivity index (χ2v) is 7.92. The van der Waals surface area contributed by atoms with Crippen molar-refractivity contribution in [3.8, 4) is 0 Å². The smallest absolute Gasteiger partial charge is 0.132 e. The lowest BCUT2D eigenvalue weighted by Gasteiger charge is -2.18. The Morgan fingerprint density at radius 2 is 2.09 bits per heavy atom. The highest BCUT2D eigenvalue weighted by molar-refractivity contribution is 6.13. The molecule has 0 saturated heterocycles. The monoisotopic (exact) mass is 464 g/mol. The molecule has 9 heteroatoms. The van der Waals surface area contributed by atoms with E-state index in [4.69, 9.17) is 5.41 Å². The summed E-state index contributed by atoms with van der Waals surface area (Å²) in [5.74, 6) is 0.380. The van der Waals surface area contributed by atoms with Gasteiger partial charge in [0.1, 0.15) is 24.1 Å². The lowest BCUT2D eigenvalue weighted by molar-refractivity contribution is 0.625. The number of benzene rings is 1. The van der Waals surface area contributed by atoms with Gasteiger partial charge in [-0.1, -0.05) is 13.0 Å². The first kappa shape index (κ1) is 24.9. The van der Waals surface area contributed by atoms with Crippen molar-refractivity contribution in [3.05, 3.63) is 64.9 Å². The first-order chi connectivity index (χ1) is 16.5. The molecule has 0 aliphatic carbocycles. The quantitative estimate of drug-likeness (QED) is 0.263. The molecular weight excluding hydrogens is 431 g/mol. The summed E-state index contributed by atoms with van der Waals surface area (Å²) in [6, 6.07) is 5.10. The minimum absolute atomic E-state index is 0.212. The van der Waals surface area contributed by atoms with Crippen molar-refractivity contribution in [2.24, 2.45) is 5.10 Å². The van der Waals surface area contributed by atoms with E-state index in [1.54, 1.807) is 24.6 Å². The third-order valence-electron chi connectivity index (χ3n) is 5.39. The van der Waals surface area contributed by atoms with E-state index in [0.29, 0.717) is 35.6 Å². The van der Waals surface area contributed by atoms with Crippen LogP contribution in [-0.2, 0) is 0 Å². The molecule has 1 aliphatic heterocycles. The lowest BCUT2D eigenvalue weighted by atomic mass is 9.96. The molecule has 0 atom stereocenters. The van der Waals surface area contributed by atoms with Crippen LogP contribution >= 0.6 is 0 Å². The number of nitrogens with one attached hydrogen (secondary N) is 6. The molecule has 0 bridgehead atoms. The SMILES string of the molecule is C/C=C1NCN/N=C/C(c2cc3cc(NC(=N)/C=C(/CNC)NCCC)ncc3cc2F)=C\1C. The Labute approximate surface area is 200 Å². The van der Waals surface area contributed by atoms with Gasteiger partial charge in [-0.15, -0.1) is 0 Å². The van der Waals surface area contributed by atoms with E-state index in [1.807, 2.05) is 33.0 Å². The second-order valence-electron chi connectivity index (χ2n) is 7.92. The highest BCUT2D eigenvalue weighted by atomic mass is 19.1. The Kier molecular flexibility index (Phi) is 8.75. The number of rotatable bonds is 8. The van der Waals surface area contributed by atoms with Crippen molar-refractivity contribution in [2.45, 2.75) is 27.2 Å². The molecule has 0 saturated carbocycles. The minimum atomic E-state index is -0.346. The third-order valence-corrected chi connectivity index (χ3v) is 5.39. The number of hydrazone groups is 1. The van der Waals surface area contributed by atoms with E-state index in [9.17, 15) is 0 Å². The van der Waals surface area contributed by atoms with Gasteiger partial charge in [0.15, 0.2) is 0 Å². The van der Waals surface area contributed by atoms with Crippen LogP contribution in [0, 0.1) is 11.2 Å². The Morgan fingerprint density at radius 1 is 1.26 bits per heavy atom. The Morgan fingerprint density at radius 3 is 2.82 bits per heavy atom. The fourth-order valence-electron chi connectivity index (χ4n) is 3.68. The number of anilines is 1. The van der Waals surface area contributed by atoms with Crippen LogP contribution in [0.15, 0.2) is 58.6 Å². The zero-order valence-corrected chi connectivity index (χ0v) is 20.1. The summed E-state index contributed by atoms with van der Waals surface area (Å²) in [7, 11) is 1.86. The summed E-state index contributed by atoms with van der Waals surface area (Å²) in [6.07, 6.45) is 7.95. The summed E-state index contributed by atoms with van der Waals surface area (Å²) < 4.78 is 15.1. The molecule has 6 N–H and O–H groups in total. The maximum absolute atomic E-state index is 15.1. The topological polar surface area (TPSA) is 109 Å². The highest BCUT2D eigenvalue weighted by Gasteiger charge is 2.15. The molecule has 1 aromatic heterocycles. The van der Waals surface area contributed by atoms with Gasteiger partial charge in [-0.05, 0) is 56.5 Å². The summed E-state index contributed by atoms with van der Waals surface area (Å²) in [5, 5.41) is 26.7. The van der Waals surface area contributed by atoms with Crippen LogP contribution in [0.3, 0.4) is 0 Å². The number of amidine groups is 1. The van der Waals surface area contributed by atoms with E-state index < -0.39 is 0 Å². The van der Waals surface area contributed by atoms with Crippen LogP contribution in [0.1, 0.15) is 32.8 Å². The zero-order valence-electron chi connectivity index (χ0n) is 20.1. The number of halogens is 1. The predicted molar refractivity (Wildman–Crippen MR) is 139 cm³/mol. The standard InChI is InChI=1S/C25H33FN8/c1-5-7-29-19(13-28-4)11-24(27)34-25-10-17-8-20(22(26)9-18(17)12-30-25)21-14-32-33-15-31-23(6-2)16(21)3/h6,8-12,14,28-29,31,33H,5,7,13,15H2,1-4H3,(H2,27,30,34)/b19-11-,21-16+,23-6-,32-14+. The predicted octanol–water partition coefficient (Wildman–Crippen LogP) is 3.68. The molecule has 1 aromatic carbocycles. The summed E-state index contributed by atoms with van der Waals surface area (Å²) in [4.78, 5) is 4.36. The normalized spacial score (nSPS) is 18.6. The molecule has 34 heavy (non-hydrogen) atoms. The van der Waals surface area contributed by atoms with Crippen molar-refractivity contribution in [2.75, 3.05) is 32.1 Å². The molecule has 180 valence electrons. The second kappa shape index (κ2) is 11.9. The molecule has 2 heterocycles. The number of pyridine rings is 1. The maximum atomic E-state index is 15.1. The van der Waals surface area contributed by atoms with Crippen LogP contribution < -0.4 is 26.7 Å². The number of hydrogen-bond donors (Lipinski definition) is 6. The molecule has 0 unspecified atom stereocenters. The van der Waals surface area contributed by atoms with Crippen LogP contribution in [0.25, 0.3) is 16.3 Å². The molecule has 8 nitrogen and oxygen atoms in total. The van der Waals surface area contributed by atoms with Gasteiger partial charge in [-0.2, -0.15) is 5.10 Å². The van der Waals surface area contributed by atoms with Crippen molar-refractivity contribution >= 4 is 34.2 Å². The van der Waals surface area contributed by atoms with Gasteiger partial charge in [-0.25, -0.2) is 9.37 Å². The van der Waals surface area contributed by atoms with E-state index in [-0.39, 0.29) is 11.7 Å². The Balaban J connectivity index is 1.94. The summed E-state index contributed by atoms with van der Waals surface area (Å²) in [5.41, 5.74) is 6.77. The molecule has 3 rings (SSSR count). The zero-order chi connectivity index (χ0) is 24.5. The number of allylic oxidation sites excluding steroid dienone is 3. The fraction of sp³-hybridized carbons (Fsp3) is 0.320. The van der Waals surface area contributed by atoms with Gasteiger partial charge >= 0.3 is 0 Å². The molecule has 0 fully saturated rings. The lowest BCUT2D eigenvalue weighted by Crippen LogP contribution is -2.27. The largest absolute Gasteiger partial charge is 0.387 e. The van der Waals surface area contributed by atoms with Crippen LogP contribution in [0.2, 0.25) is 0 Å². The maximum Gasteiger partial charge on any atom is 0.132 e. The van der Waals surface area contributed by atoms with Gasteiger partial charge in [-0.3, -0.25) is 10.8 Å². The van der Waals surface area contributed by atoms with E-state index >= 15 is 4.39 Å². The number of fused-ring (bicyclic) bond motifs is 1. The van der Waals surface area contributed by atoms with Gasteiger partial charge in [0.2, 0.25) is 0 Å².